The Labute approximate surface area is 126 Å². The Kier molecular flexibility index (Phi) is 5.74. The number of hydrogen-bond donors (Lipinski definition) is 3. The molecule has 1 aromatic carbocycles. The lowest BCUT2D eigenvalue weighted by Gasteiger charge is -2.22. The van der Waals surface area contributed by atoms with Crippen molar-refractivity contribution in [3.63, 3.8) is 0 Å². The monoisotopic (exact) mass is 337 g/mol. The Morgan fingerprint density at radius 3 is 2.57 bits per heavy atom. The summed E-state index contributed by atoms with van der Waals surface area (Å²) in [7, 11) is -4.17. The van der Waals surface area contributed by atoms with Crippen LogP contribution in [0.5, 0.6) is 0 Å². The molecule has 1 rings (SSSR count). The number of carboxylic acids is 1. The van der Waals surface area contributed by atoms with Crippen LogP contribution in [0, 0.1) is 5.82 Å². The van der Waals surface area contributed by atoms with Crippen LogP contribution in [0.1, 0.15) is 17.3 Å². The van der Waals surface area contributed by atoms with E-state index in [4.69, 9.17) is 5.11 Å². The first-order valence-corrected chi connectivity index (χ1v) is 8.70. The van der Waals surface area contributed by atoms with Crippen molar-refractivity contribution < 1.29 is 27.8 Å². The van der Waals surface area contributed by atoms with Gasteiger partial charge in [-0.2, -0.15) is 11.8 Å². The molecule has 0 heterocycles. The molecule has 0 amide bonds. The van der Waals surface area contributed by atoms with E-state index in [1.54, 1.807) is 6.26 Å². The molecule has 0 saturated carbocycles. The number of rotatable bonds is 7. The highest BCUT2D eigenvalue weighted by Crippen LogP contribution is 2.17. The number of thioether (sulfide) groups is 1. The van der Waals surface area contributed by atoms with E-state index in [0.717, 1.165) is 12.1 Å². The molecule has 1 aromatic rings. The van der Waals surface area contributed by atoms with Crippen molar-refractivity contribution in [2.45, 2.75) is 17.4 Å². The second-order valence-electron chi connectivity index (χ2n) is 4.70. The van der Waals surface area contributed by atoms with Crippen molar-refractivity contribution >= 4 is 27.8 Å². The second-order valence-corrected chi connectivity index (χ2v) is 7.31. The van der Waals surface area contributed by atoms with E-state index in [2.05, 4.69) is 4.72 Å². The number of benzene rings is 1. The molecule has 0 aliphatic carbocycles. The number of aliphatic hydroxyl groups is 1. The molecule has 9 heteroatoms. The van der Waals surface area contributed by atoms with Crippen LogP contribution in [0.25, 0.3) is 0 Å². The number of sulfonamides is 1. The number of carboxylic acid groups (broad SMARTS) is 1. The van der Waals surface area contributed by atoms with E-state index in [0.29, 0.717) is 11.8 Å². The summed E-state index contributed by atoms with van der Waals surface area (Å²) >= 11 is 1.34. The van der Waals surface area contributed by atoms with Crippen LogP contribution in [0.2, 0.25) is 0 Å². The zero-order valence-electron chi connectivity index (χ0n) is 11.5. The Morgan fingerprint density at radius 1 is 1.48 bits per heavy atom. The molecule has 0 radical (unpaired) electrons. The van der Waals surface area contributed by atoms with Gasteiger partial charge in [0.15, 0.2) is 0 Å². The van der Waals surface area contributed by atoms with Crippen molar-refractivity contribution in [1.82, 2.24) is 4.72 Å². The quantitative estimate of drug-likeness (QED) is 0.683. The van der Waals surface area contributed by atoms with Crippen molar-refractivity contribution in [1.29, 1.82) is 0 Å². The molecule has 0 aromatic heterocycles. The molecule has 1 unspecified atom stereocenters. The molecule has 0 aliphatic rings. The highest BCUT2D eigenvalue weighted by atomic mass is 32.2. The summed E-state index contributed by atoms with van der Waals surface area (Å²) in [6.07, 6.45) is 1.76. The average Bonchev–Trinajstić information content (AvgIpc) is 2.36. The van der Waals surface area contributed by atoms with Crippen LogP contribution < -0.4 is 4.72 Å². The maximum absolute atomic E-state index is 13.7. The lowest BCUT2D eigenvalue weighted by Crippen LogP contribution is -2.42. The van der Waals surface area contributed by atoms with Crippen molar-refractivity contribution in [3.05, 3.63) is 29.6 Å². The molecular formula is C12H16FNO5S2. The van der Waals surface area contributed by atoms with E-state index in [-0.39, 0.29) is 12.1 Å². The Balaban J connectivity index is 2.96. The summed E-state index contributed by atoms with van der Waals surface area (Å²) in [5.41, 5.74) is -1.62. The van der Waals surface area contributed by atoms with Gasteiger partial charge in [0, 0.05) is 12.3 Å². The molecule has 1 atom stereocenters. The smallest absolute Gasteiger partial charge is 0.335 e. The zero-order valence-corrected chi connectivity index (χ0v) is 13.1. The Hall–Kier alpha value is -1.16. The SMILES string of the molecule is CSCC(C)(O)CNS(=O)(=O)c1ccc(C(=O)O)cc1F. The lowest BCUT2D eigenvalue weighted by atomic mass is 10.1. The van der Waals surface area contributed by atoms with Gasteiger partial charge in [0.2, 0.25) is 10.0 Å². The summed E-state index contributed by atoms with van der Waals surface area (Å²) < 4.78 is 39.8. The van der Waals surface area contributed by atoms with Crippen molar-refractivity contribution in [3.8, 4) is 0 Å². The molecule has 6 nitrogen and oxygen atoms in total. The topological polar surface area (TPSA) is 104 Å². The number of aromatic carboxylic acids is 1. The van der Waals surface area contributed by atoms with E-state index in [1.165, 1.54) is 18.7 Å². The summed E-state index contributed by atoms with van der Waals surface area (Å²) in [5.74, 6) is -2.21. The van der Waals surface area contributed by atoms with Crippen molar-refractivity contribution in [2.24, 2.45) is 0 Å². The average molecular weight is 337 g/mol. The fourth-order valence-corrected chi connectivity index (χ4v) is 3.49. The third kappa shape index (κ3) is 4.95. The number of carbonyl (C=O) groups is 1. The minimum absolute atomic E-state index is 0.281. The summed E-state index contributed by atoms with van der Waals surface area (Å²) in [6.45, 7) is 1.17. The van der Waals surface area contributed by atoms with E-state index in [1.807, 2.05) is 0 Å². The summed E-state index contributed by atoms with van der Waals surface area (Å²) in [5, 5.41) is 18.6. The normalized spacial score (nSPS) is 14.7. The van der Waals surface area contributed by atoms with Crippen LogP contribution in [0.15, 0.2) is 23.1 Å². The Bertz CT molecular complexity index is 631. The van der Waals surface area contributed by atoms with Gasteiger partial charge in [-0.3, -0.25) is 0 Å². The summed E-state index contributed by atoms with van der Waals surface area (Å²) in [4.78, 5) is 10.0. The van der Waals surface area contributed by atoms with Gasteiger partial charge in [-0.25, -0.2) is 22.3 Å². The van der Waals surface area contributed by atoms with Crippen molar-refractivity contribution in [2.75, 3.05) is 18.6 Å². The molecule has 0 spiro atoms. The molecule has 0 aliphatic heterocycles. The predicted octanol–water partition coefficient (Wildman–Crippen LogP) is 0.916. The maximum Gasteiger partial charge on any atom is 0.335 e. The van der Waals surface area contributed by atoms with Crippen LogP contribution in [0.4, 0.5) is 4.39 Å². The molecular weight excluding hydrogens is 321 g/mol. The third-order valence-electron chi connectivity index (χ3n) is 2.57. The van der Waals surface area contributed by atoms with E-state index >= 15 is 0 Å². The van der Waals surface area contributed by atoms with Gasteiger partial charge in [0.1, 0.15) is 10.7 Å². The second kappa shape index (κ2) is 6.73. The number of nitrogens with one attached hydrogen (secondary N) is 1. The van der Waals surface area contributed by atoms with Crippen LogP contribution in [-0.2, 0) is 10.0 Å². The van der Waals surface area contributed by atoms with Crippen LogP contribution >= 0.6 is 11.8 Å². The molecule has 21 heavy (non-hydrogen) atoms. The van der Waals surface area contributed by atoms with Gasteiger partial charge in [0.05, 0.1) is 11.2 Å². The van der Waals surface area contributed by atoms with Crippen LogP contribution in [-0.4, -0.2) is 48.8 Å². The van der Waals surface area contributed by atoms with Gasteiger partial charge in [-0.15, -0.1) is 0 Å². The van der Waals surface area contributed by atoms with Crippen LogP contribution in [0.3, 0.4) is 0 Å². The zero-order chi connectivity index (χ0) is 16.3. The predicted molar refractivity (Wildman–Crippen MR) is 77.6 cm³/mol. The number of halogens is 1. The minimum atomic E-state index is -4.17. The summed E-state index contributed by atoms with van der Waals surface area (Å²) in [6, 6.07) is 2.52. The molecule has 118 valence electrons. The highest BCUT2D eigenvalue weighted by molar-refractivity contribution is 7.98. The number of hydrogen-bond acceptors (Lipinski definition) is 5. The van der Waals surface area contributed by atoms with Gasteiger partial charge in [-0.1, -0.05) is 0 Å². The van der Waals surface area contributed by atoms with E-state index in [9.17, 15) is 22.7 Å². The highest BCUT2D eigenvalue weighted by Gasteiger charge is 2.26. The Morgan fingerprint density at radius 2 is 2.10 bits per heavy atom. The van der Waals surface area contributed by atoms with E-state index < -0.39 is 32.3 Å². The minimum Gasteiger partial charge on any atom is -0.478 e. The molecule has 0 bridgehead atoms. The largest absolute Gasteiger partial charge is 0.478 e. The third-order valence-corrected chi connectivity index (χ3v) is 4.91. The lowest BCUT2D eigenvalue weighted by molar-refractivity contribution is 0.0696. The first kappa shape index (κ1) is 17.9. The molecule has 0 saturated heterocycles. The standard InChI is InChI=1S/C12H16FNO5S2/c1-12(17,7-20-2)6-14-21(18,19)10-4-3-8(11(15)16)5-9(10)13/h3-5,14,17H,6-7H2,1-2H3,(H,15,16). The first-order chi connectivity index (χ1) is 9.59. The van der Waals surface area contributed by atoms with Gasteiger partial charge < -0.3 is 10.2 Å². The van der Waals surface area contributed by atoms with Gasteiger partial charge in [0.25, 0.3) is 0 Å². The van der Waals surface area contributed by atoms with Gasteiger partial charge in [-0.05, 0) is 31.4 Å². The van der Waals surface area contributed by atoms with Gasteiger partial charge >= 0.3 is 5.97 Å². The first-order valence-electron chi connectivity index (χ1n) is 5.83. The fraction of sp³-hybridized carbons (Fsp3) is 0.417. The molecule has 3 N–H and O–H groups in total. The fourth-order valence-electron chi connectivity index (χ4n) is 1.54. The maximum atomic E-state index is 13.7. The molecule has 0 fully saturated rings.